The van der Waals surface area contributed by atoms with Crippen molar-refractivity contribution in [1.82, 2.24) is 19.5 Å². The standard InChI is InChI=1S/C53H34N4/c1-2-13-35(14-3-1)39-18-12-20-43(31-39)57-51-26-9-8-25-50(51)56-53(57)42-33-54-52(55-34-42)41-19-11-17-38(30-41)36-15-10-16-37(29-36)40-27-28-48-46-23-5-4-21-44(46)45-22-6-7-24-47(45)49(48)32-40/h1-34H. The molecule has 11 rings (SSSR count). The number of fused-ring (bicyclic) bond motifs is 7. The fourth-order valence-corrected chi connectivity index (χ4v) is 8.33. The number of para-hydroxylation sites is 2. The maximum absolute atomic E-state index is 5.08. The molecule has 0 fully saturated rings. The van der Waals surface area contributed by atoms with Gasteiger partial charge in [0.15, 0.2) is 5.82 Å². The molecule has 11 aromatic rings. The second-order valence-electron chi connectivity index (χ2n) is 14.5. The molecule has 0 aliphatic heterocycles. The Kier molecular flexibility index (Phi) is 7.78. The van der Waals surface area contributed by atoms with Gasteiger partial charge in [-0.1, -0.05) is 152 Å². The van der Waals surface area contributed by atoms with E-state index in [0.717, 1.165) is 50.4 Å². The van der Waals surface area contributed by atoms with Crippen LogP contribution in [0, 0.1) is 0 Å². The van der Waals surface area contributed by atoms with Crippen LogP contribution in [0.5, 0.6) is 0 Å². The molecule has 0 N–H and O–H groups in total. The zero-order valence-corrected chi connectivity index (χ0v) is 30.9. The quantitative estimate of drug-likeness (QED) is 0.160. The summed E-state index contributed by atoms with van der Waals surface area (Å²) < 4.78 is 2.20. The highest BCUT2D eigenvalue weighted by molar-refractivity contribution is 6.25. The summed E-state index contributed by atoms with van der Waals surface area (Å²) in [5.41, 5.74) is 11.7. The maximum Gasteiger partial charge on any atom is 0.159 e. The molecule has 57 heavy (non-hydrogen) atoms. The topological polar surface area (TPSA) is 43.6 Å². The summed E-state index contributed by atoms with van der Waals surface area (Å²) in [7, 11) is 0. The van der Waals surface area contributed by atoms with Crippen LogP contribution in [-0.2, 0) is 0 Å². The van der Waals surface area contributed by atoms with E-state index in [1.165, 1.54) is 49.0 Å². The van der Waals surface area contributed by atoms with Crippen molar-refractivity contribution >= 4 is 43.4 Å². The number of benzene rings is 9. The van der Waals surface area contributed by atoms with E-state index in [-0.39, 0.29) is 0 Å². The summed E-state index contributed by atoms with van der Waals surface area (Å²) in [5.74, 6) is 1.47. The third kappa shape index (κ3) is 5.74. The summed E-state index contributed by atoms with van der Waals surface area (Å²) in [6.07, 6.45) is 3.78. The van der Waals surface area contributed by atoms with Gasteiger partial charge in [-0.3, -0.25) is 4.57 Å². The molecule has 0 bridgehead atoms. The first kappa shape index (κ1) is 32.7. The van der Waals surface area contributed by atoms with Crippen LogP contribution in [0.3, 0.4) is 0 Å². The summed E-state index contributed by atoms with van der Waals surface area (Å²) in [5, 5.41) is 7.68. The van der Waals surface area contributed by atoms with Crippen molar-refractivity contribution in [3.05, 3.63) is 207 Å². The first-order valence-electron chi connectivity index (χ1n) is 19.3. The monoisotopic (exact) mass is 726 g/mol. The molecule has 0 saturated carbocycles. The van der Waals surface area contributed by atoms with Crippen LogP contribution in [0.25, 0.3) is 105 Å². The van der Waals surface area contributed by atoms with Gasteiger partial charge in [0.25, 0.3) is 0 Å². The SMILES string of the molecule is c1ccc(-c2cccc(-n3c(-c4cnc(-c5cccc(-c6cccc(-c7ccc8c9ccccc9c9ccccc9c8c7)c6)c5)nc4)nc4ccccc43)c2)cc1. The van der Waals surface area contributed by atoms with Gasteiger partial charge in [-0.25, -0.2) is 15.0 Å². The lowest BCUT2D eigenvalue weighted by molar-refractivity contribution is 1.08. The first-order valence-corrected chi connectivity index (χ1v) is 19.3. The van der Waals surface area contributed by atoms with E-state index in [2.05, 4.69) is 187 Å². The molecular weight excluding hydrogens is 693 g/mol. The second-order valence-corrected chi connectivity index (χ2v) is 14.5. The first-order chi connectivity index (χ1) is 28.2. The smallest absolute Gasteiger partial charge is 0.159 e. The summed E-state index contributed by atoms with van der Waals surface area (Å²) >= 11 is 0. The zero-order chi connectivity index (χ0) is 37.7. The number of imidazole rings is 1. The van der Waals surface area contributed by atoms with Gasteiger partial charge in [-0.2, -0.15) is 0 Å². The van der Waals surface area contributed by atoms with Crippen LogP contribution in [0.2, 0.25) is 0 Å². The predicted molar refractivity (Wildman–Crippen MR) is 236 cm³/mol. The lowest BCUT2D eigenvalue weighted by atomic mass is 9.91. The van der Waals surface area contributed by atoms with Crippen molar-refractivity contribution < 1.29 is 0 Å². The minimum absolute atomic E-state index is 0.666. The van der Waals surface area contributed by atoms with Crippen molar-refractivity contribution in [3.8, 4) is 61.8 Å². The highest BCUT2D eigenvalue weighted by Gasteiger charge is 2.17. The molecular formula is C53H34N4. The van der Waals surface area contributed by atoms with Gasteiger partial charge in [-0.05, 0) is 108 Å². The highest BCUT2D eigenvalue weighted by atomic mass is 15.1. The molecule has 0 saturated heterocycles. The van der Waals surface area contributed by atoms with Crippen LogP contribution in [0.1, 0.15) is 0 Å². The van der Waals surface area contributed by atoms with Gasteiger partial charge >= 0.3 is 0 Å². The number of nitrogens with zero attached hydrogens (tertiary/aromatic N) is 4. The van der Waals surface area contributed by atoms with Gasteiger partial charge in [-0.15, -0.1) is 0 Å². The van der Waals surface area contributed by atoms with E-state index in [9.17, 15) is 0 Å². The molecule has 0 spiro atoms. The van der Waals surface area contributed by atoms with Gasteiger partial charge in [0, 0.05) is 23.6 Å². The van der Waals surface area contributed by atoms with E-state index in [1.807, 2.05) is 24.5 Å². The summed E-state index contributed by atoms with van der Waals surface area (Å²) in [4.78, 5) is 14.9. The highest BCUT2D eigenvalue weighted by Crippen LogP contribution is 2.38. The van der Waals surface area contributed by atoms with Crippen molar-refractivity contribution in [2.45, 2.75) is 0 Å². The Bertz CT molecular complexity index is 3250. The van der Waals surface area contributed by atoms with Crippen LogP contribution < -0.4 is 0 Å². The van der Waals surface area contributed by atoms with Crippen LogP contribution >= 0.6 is 0 Å². The summed E-state index contributed by atoms with van der Waals surface area (Å²) in [6.45, 7) is 0. The number of hydrogen-bond donors (Lipinski definition) is 0. The van der Waals surface area contributed by atoms with E-state index in [0.29, 0.717) is 5.82 Å². The Hall–Kier alpha value is -7.69. The number of hydrogen-bond acceptors (Lipinski definition) is 3. The summed E-state index contributed by atoms with van der Waals surface area (Å²) in [6, 6.07) is 68.9. The Morgan fingerprint density at radius 1 is 0.316 bits per heavy atom. The lowest BCUT2D eigenvalue weighted by Gasteiger charge is -2.13. The molecule has 2 aromatic heterocycles. The molecule has 0 amide bonds. The minimum Gasteiger partial charge on any atom is -0.292 e. The molecule has 9 aromatic carbocycles. The van der Waals surface area contributed by atoms with Gasteiger partial charge in [0.1, 0.15) is 5.82 Å². The molecule has 4 heteroatoms. The molecule has 0 atom stereocenters. The average Bonchev–Trinajstić information content (AvgIpc) is 3.69. The zero-order valence-electron chi connectivity index (χ0n) is 30.9. The Labute approximate surface area is 330 Å². The van der Waals surface area contributed by atoms with Crippen molar-refractivity contribution in [2.75, 3.05) is 0 Å². The number of aromatic nitrogens is 4. The predicted octanol–water partition coefficient (Wildman–Crippen LogP) is 13.6. The fourth-order valence-electron chi connectivity index (χ4n) is 8.33. The molecule has 4 nitrogen and oxygen atoms in total. The van der Waals surface area contributed by atoms with Crippen molar-refractivity contribution in [3.63, 3.8) is 0 Å². The fraction of sp³-hybridized carbons (Fsp3) is 0. The van der Waals surface area contributed by atoms with Crippen molar-refractivity contribution in [1.29, 1.82) is 0 Å². The van der Waals surface area contributed by atoms with Crippen molar-refractivity contribution in [2.24, 2.45) is 0 Å². The molecule has 0 radical (unpaired) electrons. The normalized spacial score (nSPS) is 11.5. The molecule has 2 heterocycles. The molecule has 266 valence electrons. The van der Waals surface area contributed by atoms with E-state index in [1.54, 1.807) is 0 Å². The third-order valence-corrected chi connectivity index (χ3v) is 11.1. The molecule has 0 aliphatic carbocycles. The third-order valence-electron chi connectivity index (χ3n) is 11.1. The number of rotatable bonds is 6. The Balaban J connectivity index is 0.933. The average molecular weight is 727 g/mol. The van der Waals surface area contributed by atoms with Crippen LogP contribution in [0.15, 0.2) is 207 Å². The largest absolute Gasteiger partial charge is 0.292 e. The molecule has 0 unspecified atom stereocenters. The van der Waals surface area contributed by atoms with Gasteiger partial charge < -0.3 is 0 Å². The second kappa shape index (κ2) is 13.6. The van der Waals surface area contributed by atoms with E-state index in [4.69, 9.17) is 15.0 Å². The van der Waals surface area contributed by atoms with Gasteiger partial charge in [0.2, 0.25) is 0 Å². The van der Waals surface area contributed by atoms with Crippen LogP contribution in [0.4, 0.5) is 0 Å². The lowest BCUT2D eigenvalue weighted by Crippen LogP contribution is -1.99. The van der Waals surface area contributed by atoms with Gasteiger partial charge in [0.05, 0.1) is 16.6 Å². The van der Waals surface area contributed by atoms with E-state index >= 15 is 0 Å². The minimum atomic E-state index is 0.666. The maximum atomic E-state index is 5.08. The Morgan fingerprint density at radius 2 is 0.807 bits per heavy atom. The molecule has 0 aliphatic rings. The van der Waals surface area contributed by atoms with Crippen LogP contribution in [-0.4, -0.2) is 19.5 Å². The van der Waals surface area contributed by atoms with E-state index < -0.39 is 0 Å². The Morgan fingerprint density at radius 3 is 1.49 bits per heavy atom.